The Bertz CT molecular complexity index is 1250. The molecular formula is C34H53BN2O8. The fraction of sp³-hybridized carbons (Fsp3) is 0.735. The molecule has 1 heterocycles. The van der Waals surface area contributed by atoms with Crippen molar-refractivity contribution in [2.45, 2.75) is 111 Å². The number of esters is 1. The van der Waals surface area contributed by atoms with Crippen LogP contribution in [0.25, 0.3) is 0 Å². The zero-order valence-corrected chi connectivity index (χ0v) is 28.8. The molecule has 3 saturated carbocycles. The highest BCUT2D eigenvalue weighted by Gasteiger charge is 2.68. The average Bonchev–Trinajstić information content (AvgIpc) is 3.30. The second-order valence-electron chi connectivity index (χ2n) is 15.2. The minimum absolute atomic E-state index is 0.0146. The van der Waals surface area contributed by atoms with Crippen LogP contribution in [0.3, 0.4) is 0 Å². The van der Waals surface area contributed by atoms with E-state index in [9.17, 15) is 14.4 Å². The molecule has 1 aromatic carbocycles. The monoisotopic (exact) mass is 628 g/mol. The molecule has 0 radical (unpaired) electrons. The van der Waals surface area contributed by atoms with Crippen LogP contribution in [0.5, 0.6) is 11.5 Å². The average molecular weight is 629 g/mol. The second kappa shape index (κ2) is 13.5. The van der Waals surface area contributed by atoms with Crippen LogP contribution in [0.2, 0.25) is 0 Å². The third kappa shape index (κ3) is 7.96. The largest absolute Gasteiger partial charge is 0.493 e. The summed E-state index contributed by atoms with van der Waals surface area (Å²) in [6, 6.07) is 5.26. The van der Waals surface area contributed by atoms with E-state index in [1.807, 2.05) is 0 Å². The van der Waals surface area contributed by atoms with Gasteiger partial charge < -0.3 is 34.2 Å². The van der Waals surface area contributed by atoms with Crippen LogP contribution in [0, 0.1) is 29.1 Å². The molecule has 2 N–H and O–H groups in total. The van der Waals surface area contributed by atoms with Gasteiger partial charge in [0.2, 0.25) is 11.8 Å². The Morgan fingerprint density at radius 2 is 1.76 bits per heavy atom. The highest BCUT2D eigenvalue weighted by Crippen LogP contribution is 2.65. The van der Waals surface area contributed by atoms with Crippen molar-refractivity contribution in [3.63, 3.8) is 0 Å². The summed E-state index contributed by atoms with van der Waals surface area (Å²) in [5.74, 6) is -0.0585. The quantitative estimate of drug-likeness (QED) is 0.242. The highest BCUT2D eigenvalue weighted by atomic mass is 16.7. The molecule has 10 nitrogen and oxygen atoms in total. The maximum atomic E-state index is 13.9. The molecule has 2 bridgehead atoms. The summed E-state index contributed by atoms with van der Waals surface area (Å²) in [6.45, 7) is 16.3. The minimum atomic E-state index is -0.852. The van der Waals surface area contributed by atoms with Crippen LogP contribution in [0.15, 0.2) is 18.2 Å². The number of hydrogen-bond acceptors (Lipinski definition) is 8. The maximum Gasteiger partial charge on any atom is 0.481 e. The summed E-state index contributed by atoms with van der Waals surface area (Å²) in [7, 11) is 2.49. The number of benzene rings is 1. The third-order valence-corrected chi connectivity index (χ3v) is 9.91. The van der Waals surface area contributed by atoms with Crippen molar-refractivity contribution in [1.29, 1.82) is 0 Å². The van der Waals surface area contributed by atoms with Crippen LogP contribution in [-0.2, 0) is 34.9 Å². The molecule has 4 aliphatic rings. The van der Waals surface area contributed by atoms with Gasteiger partial charge in [0.1, 0.15) is 5.60 Å². The lowest BCUT2D eigenvalue weighted by Crippen LogP contribution is -2.65. The summed E-state index contributed by atoms with van der Waals surface area (Å²) in [6.07, 6.45) is 2.60. The molecule has 0 spiro atoms. The fourth-order valence-corrected chi connectivity index (χ4v) is 7.44. The van der Waals surface area contributed by atoms with E-state index in [0.29, 0.717) is 29.8 Å². The molecule has 250 valence electrons. The van der Waals surface area contributed by atoms with Crippen LogP contribution >= 0.6 is 0 Å². The molecule has 0 unspecified atom stereocenters. The summed E-state index contributed by atoms with van der Waals surface area (Å²) in [5, 5.41) is 6.01. The van der Waals surface area contributed by atoms with Gasteiger partial charge in [-0.05, 0) is 87.8 Å². The first-order valence-electron chi connectivity index (χ1n) is 16.3. The topological polar surface area (TPSA) is 121 Å². The standard InChI is InChI=1S/C34H53BN2O8/c1-20(2)13-28(35-44-27-18-23-17-26(33(23,6)7)34(27,8)45-35)37-31(40)22(16-30(39)43-32(3,4)5)19-36-29(38)15-21-11-12-24(41-9)25(14-21)42-10/h11-12,14,20,22-23,26-28H,13,15-19H2,1-10H3,(H,36,38)(H,37,40)/t22-,23-,26-,27+,28-,34-/m0/s1. The third-order valence-electron chi connectivity index (χ3n) is 9.91. The summed E-state index contributed by atoms with van der Waals surface area (Å²) in [5.41, 5.74) is -0.187. The molecule has 2 amide bonds. The van der Waals surface area contributed by atoms with Gasteiger partial charge in [-0.2, -0.15) is 0 Å². The van der Waals surface area contributed by atoms with Crippen LogP contribution < -0.4 is 20.1 Å². The molecule has 11 heteroatoms. The molecule has 6 atom stereocenters. The first-order valence-corrected chi connectivity index (χ1v) is 16.3. The lowest BCUT2D eigenvalue weighted by atomic mass is 9.43. The highest BCUT2D eigenvalue weighted by molar-refractivity contribution is 6.47. The Morgan fingerprint density at radius 3 is 2.36 bits per heavy atom. The number of rotatable bonds is 13. The van der Waals surface area contributed by atoms with Crippen LogP contribution in [-0.4, -0.2) is 68.9 Å². The van der Waals surface area contributed by atoms with Gasteiger partial charge in [-0.1, -0.05) is 33.8 Å². The second-order valence-corrected chi connectivity index (χ2v) is 15.2. The van der Waals surface area contributed by atoms with Crippen LogP contribution in [0.4, 0.5) is 0 Å². The molecule has 5 rings (SSSR count). The van der Waals surface area contributed by atoms with E-state index in [0.717, 1.165) is 18.4 Å². The zero-order valence-electron chi connectivity index (χ0n) is 28.8. The minimum Gasteiger partial charge on any atom is -0.493 e. The zero-order chi connectivity index (χ0) is 33.3. The Balaban J connectivity index is 1.46. The summed E-state index contributed by atoms with van der Waals surface area (Å²) >= 11 is 0. The van der Waals surface area contributed by atoms with Gasteiger partial charge in [-0.25, -0.2) is 0 Å². The van der Waals surface area contributed by atoms with Gasteiger partial charge in [0.15, 0.2) is 11.5 Å². The van der Waals surface area contributed by atoms with Gasteiger partial charge in [-0.3, -0.25) is 14.4 Å². The van der Waals surface area contributed by atoms with Gasteiger partial charge >= 0.3 is 13.1 Å². The SMILES string of the molecule is COc1ccc(CC(=O)NC[C@H](CC(=O)OC(C)(C)C)C(=O)N[C@@H](CC(C)C)B2O[C@@H]3C[C@@H]4C[C@@H](C4(C)C)[C@]3(C)O2)cc1OC. The van der Waals surface area contributed by atoms with E-state index >= 15 is 0 Å². The normalized spacial score (nSPS) is 26.3. The van der Waals surface area contributed by atoms with Crippen molar-refractivity contribution >= 4 is 24.9 Å². The number of hydrogen-bond donors (Lipinski definition) is 2. The smallest absolute Gasteiger partial charge is 0.481 e. The molecular weight excluding hydrogens is 575 g/mol. The lowest BCUT2D eigenvalue weighted by Gasteiger charge is -2.64. The maximum absolute atomic E-state index is 13.9. The number of methoxy groups -OCH3 is 2. The van der Waals surface area contributed by atoms with Gasteiger partial charge in [0.25, 0.3) is 0 Å². The first-order chi connectivity index (χ1) is 21.0. The number of nitrogens with one attached hydrogen (secondary N) is 2. The Morgan fingerprint density at radius 1 is 1.07 bits per heavy atom. The lowest BCUT2D eigenvalue weighted by molar-refractivity contribution is -0.199. The van der Waals surface area contributed by atoms with E-state index in [1.54, 1.807) is 46.1 Å². The number of carbonyl (C=O) groups is 3. The predicted octanol–water partition coefficient (Wildman–Crippen LogP) is 4.51. The molecule has 1 aromatic rings. The van der Waals surface area contributed by atoms with E-state index in [-0.39, 0.29) is 48.6 Å². The van der Waals surface area contributed by atoms with Crippen molar-refractivity contribution in [1.82, 2.24) is 10.6 Å². The molecule has 3 aliphatic carbocycles. The van der Waals surface area contributed by atoms with Gasteiger partial charge in [0.05, 0.1) is 50.6 Å². The molecule has 45 heavy (non-hydrogen) atoms. The number of ether oxygens (including phenoxy) is 3. The molecule has 0 aromatic heterocycles. The van der Waals surface area contributed by atoms with Gasteiger partial charge in [-0.15, -0.1) is 0 Å². The van der Waals surface area contributed by atoms with Crippen molar-refractivity contribution in [2.75, 3.05) is 20.8 Å². The molecule has 4 fully saturated rings. The fourth-order valence-electron chi connectivity index (χ4n) is 7.44. The number of carbonyl (C=O) groups excluding carboxylic acids is 3. The van der Waals surface area contributed by atoms with E-state index in [4.69, 9.17) is 23.5 Å². The molecule has 1 saturated heterocycles. The van der Waals surface area contributed by atoms with Crippen molar-refractivity contribution in [3.8, 4) is 11.5 Å². The molecule has 1 aliphatic heterocycles. The summed E-state index contributed by atoms with van der Waals surface area (Å²) in [4.78, 5) is 39.7. The van der Waals surface area contributed by atoms with Crippen LogP contribution in [0.1, 0.15) is 86.6 Å². The van der Waals surface area contributed by atoms with E-state index in [1.165, 1.54) is 7.11 Å². The van der Waals surface area contributed by atoms with Crippen molar-refractivity contribution < 1.29 is 37.9 Å². The Kier molecular flexibility index (Phi) is 10.5. The van der Waals surface area contributed by atoms with Crippen molar-refractivity contribution in [3.05, 3.63) is 23.8 Å². The Labute approximate surface area is 269 Å². The number of amides is 2. The Hall–Kier alpha value is -2.79. The van der Waals surface area contributed by atoms with Crippen molar-refractivity contribution in [2.24, 2.45) is 29.1 Å². The predicted molar refractivity (Wildman–Crippen MR) is 172 cm³/mol. The van der Waals surface area contributed by atoms with E-state index in [2.05, 4.69) is 45.3 Å². The summed E-state index contributed by atoms with van der Waals surface area (Å²) < 4.78 is 29.4. The first kappa shape index (κ1) is 35.1. The van der Waals surface area contributed by atoms with Gasteiger partial charge in [0, 0.05) is 6.54 Å². The van der Waals surface area contributed by atoms with E-state index < -0.39 is 36.1 Å².